The van der Waals surface area contributed by atoms with E-state index >= 15 is 0 Å². The van der Waals surface area contributed by atoms with Crippen LogP contribution in [-0.2, 0) is 6.54 Å². The summed E-state index contributed by atoms with van der Waals surface area (Å²) in [4.78, 5) is 8.08. The molecule has 1 saturated carbocycles. The van der Waals surface area contributed by atoms with E-state index in [9.17, 15) is 8.78 Å². The molecule has 8 heteroatoms. The fraction of sp³-hybridized carbons (Fsp3) is 0.714. The highest BCUT2D eigenvalue weighted by molar-refractivity contribution is 14.0. The summed E-state index contributed by atoms with van der Waals surface area (Å²) >= 11 is 0. The lowest BCUT2D eigenvalue weighted by molar-refractivity contribution is 0.0668. The molecule has 5 nitrogen and oxygen atoms in total. The summed E-state index contributed by atoms with van der Waals surface area (Å²) in [6, 6.07) is 0.405. The smallest absolute Gasteiger partial charge is 0.319 e. The highest BCUT2D eigenvalue weighted by atomic mass is 127. The summed E-state index contributed by atoms with van der Waals surface area (Å²) < 4.78 is 26.3. The summed E-state index contributed by atoms with van der Waals surface area (Å²) in [5.41, 5.74) is 0. The van der Waals surface area contributed by atoms with Gasteiger partial charge in [0.15, 0.2) is 5.96 Å². The molecule has 2 N–H and O–H groups in total. The summed E-state index contributed by atoms with van der Waals surface area (Å²) in [7, 11) is 1.68. The third-order valence-electron chi connectivity index (χ3n) is 3.95. The Labute approximate surface area is 147 Å². The number of nitrogens with zero attached hydrogens (tertiary/aromatic N) is 3. The van der Waals surface area contributed by atoms with Gasteiger partial charge in [0, 0.05) is 25.5 Å². The van der Waals surface area contributed by atoms with Crippen LogP contribution in [-0.4, -0.2) is 28.6 Å². The van der Waals surface area contributed by atoms with Crippen LogP contribution in [0.15, 0.2) is 17.4 Å². The van der Waals surface area contributed by atoms with Crippen molar-refractivity contribution in [3.63, 3.8) is 0 Å². The van der Waals surface area contributed by atoms with Gasteiger partial charge in [0.05, 0.1) is 6.54 Å². The van der Waals surface area contributed by atoms with Crippen LogP contribution >= 0.6 is 24.0 Å². The average molecular weight is 427 g/mol. The second-order valence-corrected chi connectivity index (χ2v) is 5.56. The Bertz CT molecular complexity index is 470. The van der Waals surface area contributed by atoms with Crippen molar-refractivity contribution < 1.29 is 8.78 Å². The Balaban J connectivity index is 0.00000242. The number of halogens is 3. The zero-order valence-corrected chi connectivity index (χ0v) is 15.3. The van der Waals surface area contributed by atoms with Gasteiger partial charge in [-0.3, -0.25) is 9.56 Å². The van der Waals surface area contributed by atoms with Crippen molar-refractivity contribution in [3.05, 3.63) is 18.2 Å². The van der Waals surface area contributed by atoms with Gasteiger partial charge in [0.2, 0.25) is 0 Å². The van der Waals surface area contributed by atoms with Crippen molar-refractivity contribution in [3.8, 4) is 0 Å². The van der Waals surface area contributed by atoms with Crippen molar-refractivity contribution in [2.45, 2.75) is 51.7 Å². The molecule has 0 spiro atoms. The fourth-order valence-electron chi connectivity index (χ4n) is 2.61. The first-order chi connectivity index (χ1) is 10.1. The molecule has 0 atom stereocenters. The predicted octanol–water partition coefficient (Wildman–Crippen LogP) is 3.14. The fourth-order valence-corrected chi connectivity index (χ4v) is 2.61. The van der Waals surface area contributed by atoms with Crippen LogP contribution in [0.25, 0.3) is 0 Å². The predicted molar refractivity (Wildman–Crippen MR) is 93.6 cm³/mol. The number of hydrogen-bond acceptors (Lipinski definition) is 2. The lowest BCUT2D eigenvalue weighted by atomic mass is 9.87. The summed E-state index contributed by atoms with van der Waals surface area (Å²) in [6.45, 7) is -0.0766. The number of rotatable bonds is 4. The van der Waals surface area contributed by atoms with Crippen LogP contribution < -0.4 is 10.6 Å². The minimum atomic E-state index is -2.57. The topological polar surface area (TPSA) is 54.2 Å². The molecule has 126 valence electrons. The molecule has 1 aromatic heterocycles. The van der Waals surface area contributed by atoms with Gasteiger partial charge >= 0.3 is 6.55 Å². The maximum Gasteiger partial charge on any atom is 0.319 e. The second kappa shape index (κ2) is 9.26. The third-order valence-corrected chi connectivity index (χ3v) is 3.95. The molecule has 1 aromatic rings. The zero-order valence-electron chi connectivity index (χ0n) is 12.9. The van der Waals surface area contributed by atoms with Gasteiger partial charge in [0.25, 0.3) is 0 Å². The highest BCUT2D eigenvalue weighted by Crippen LogP contribution is 2.23. The lowest BCUT2D eigenvalue weighted by Gasteiger charge is -2.28. The average Bonchev–Trinajstić information content (AvgIpc) is 2.94. The number of aliphatic imine (C=N–C) groups is 1. The normalized spacial score (nSPS) is 22.3. The Kier molecular flexibility index (Phi) is 8.05. The van der Waals surface area contributed by atoms with E-state index in [4.69, 9.17) is 0 Å². The van der Waals surface area contributed by atoms with Gasteiger partial charge in [0.1, 0.15) is 5.82 Å². The van der Waals surface area contributed by atoms with Gasteiger partial charge in [-0.2, -0.15) is 8.78 Å². The molecule has 0 saturated heterocycles. The Morgan fingerprint density at radius 1 is 1.41 bits per heavy atom. The summed E-state index contributed by atoms with van der Waals surface area (Å²) in [6.07, 6.45) is 7.32. The second-order valence-electron chi connectivity index (χ2n) is 5.56. The minimum Gasteiger partial charge on any atom is -0.354 e. The number of nitrogens with one attached hydrogen (secondary N) is 2. The van der Waals surface area contributed by atoms with E-state index in [-0.39, 0.29) is 30.5 Å². The minimum absolute atomic E-state index is 0. The van der Waals surface area contributed by atoms with Crippen molar-refractivity contribution in [1.29, 1.82) is 0 Å². The van der Waals surface area contributed by atoms with E-state index in [0.29, 0.717) is 17.8 Å². The van der Waals surface area contributed by atoms with E-state index in [0.717, 1.165) is 23.3 Å². The first-order valence-electron chi connectivity index (χ1n) is 7.37. The number of guanidine groups is 1. The molecular weight excluding hydrogens is 403 g/mol. The van der Waals surface area contributed by atoms with Crippen LogP contribution in [0.5, 0.6) is 0 Å². The number of aromatic nitrogens is 2. The van der Waals surface area contributed by atoms with Crippen LogP contribution in [0.4, 0.5) is 8.78 Å². The van der Waals surface area contributed by atoms with E-state index in [1.165, 1.54) is 25.2 Å². The summed E-state index contributed by atoms with van der Waals surface area (Å²) in [5, 5.41) is 6.40. The SMILES string of the molecule is CN=C(NCc1nccn1C(F)F)NC1CCC(C)CC1.I. The largest absolute Gasteiger partial charge is 0.354 e. The van der Waals surface area contributed by atoms with Crippen LogP contribution in [0.1, 0.15) is 45.0 Å². The van der Waals surface area contributed by atoms with Gasteiger partial charge in [-0.15, -0.1) is 24.0 Å². The number of alkyl halides is 2. The molecule has 22 heavy (non-hydrogen) atoms. The molecule has 1 aliphatic rings. The van der Waals surface area contributed by atoms with E-state index < -0.39 is 6.55 Å². The Morgan fingerprint density at radius 2 is 2.09 bits per heavy atom. The molecule has 0 aromatic carbocycles. The lowest BCUT2D eigenvalue weighted by Crippen LogP contribution is -2.44. The maximum absolute atomic E-state index is 12.7. The number of imidazole rings is 1. The molecule has 0 unspecified atom stereocenters. The molecular formula is C14H24F2IN5. The van der Waals surface area contributed by atoms with Crippen molar-refractivity contribution in [2.75, 3.05) is 7.05 Å². The van der Waals surface area contributed by atoms with Gasteiger partial charge in [-0.25, -0.2) is 4.98 Å². The van der Waals surface area contributed by atoms with E-state index in [1.54, 1.807) is 7.05 Å². The van der Waals surface area contributed by atoms with E-state index in [1.807, 2.05) is 0 Å². The van der Waals surface area contributed by atoms with Gasteiger partial charge < -0.3 is 10.6 Å². The maximum atomic E-state index is 12.7. The Hall–Kier alpha value is -0.930. The van der Waals surface area contributed by atoms with Gasteiger partial charge in [-0.1, -0.05) is 6.92 Å². The third kappa shape index (κ3) is 5.36. The van der Waals surface area contributed by atoms with E-state index in [2.05, 4.69) is 27.5 Å². The van der Waals surface area contributed by atoms with Crippen LogP contribution in [0, 0.1) is 5.92 Å². The van der Waals surface area contributed by atoms with Crippen molar-refractivity contribution >= 4 is 29.9 Å². The molecule has 0 bridgehead atoms. The standard InChI is InChI=1S/C14H23F2N5.HI/c1-10-3-5-11(6-4-10)20-14(17-2)19-9-12-18-7-8-21(12)13(15)16;/h7-8,10-11,13H,3-6,9H2,1-2H3,(H2,17,19,20);1H. The van der Waals surface area contributed by atoms with Crippen LogP contribution in [0.3, 0.4) is 0 Å². The molecule has 1 fully saturated rings. The molecule has 1 aliphatic carbocycles. The molecule has 1 heterocycles. The monoisotopic (exact) mass is 427 g/mol. The molecule has 0 amide bonds. The zero-order chi connectivity index (χ0) is 15.2. The van der Waals surface area contributed by atoms with Crippen molar-refractivity contribution in [1.82, 2.24) is 20.2 Å². The first-order valence-corrected chi connectivity index (χ1v) is 7.37. The van der Waals surface area contributed by atoms with Crippen LogP contribution in [0.2, 0.25) is 0 Å². The molecule has 0 radical (unpaired) electrons. The Morgan fingerprint density at radius 3 is 2.68 bits per heavy atom. The quantitative estimate of drug-likeness (QED) is 0.441. The summed E-state index contributed by atoms with van der Waals surface area (Å²) in [5.74, 6) is 1.72. The molecule has 2 rings (SSSR count). The highest BCUT2D eigenvalue weighted by Gasteiger charge is 2.19. The van der Waals surface area contributed by atoms with Gasteiger partial charge in [-0.05, 0) is 31.6 Å². The first kappa shape index (κ1) is 19.1. The van der Waals surface area contributed by atoms with Crippen molar-refractivity contribution in [2.24, 2.45) is 10.9 Å². The molecule has 0 aliphatic heterocycles. The number of hydrogen-bond donors (Lipinski definition) is 2.